The second kappa shape index (κ2) is 8.13. The molecule has 0 saturated carbocycles. The van der Waals surface area contributed by atoms with Crippen LogP contribution in [0, 0.1) is 16.7 Å². The third kappa shape index (κ3) is 5.72. The molecule has 1 aliphatic rings. The lowest BCUT2D eigenvalue weighted by molar-refractivity contribution is -0.152. The summed E-state index contributed by atoms with van der Waals surface area (Å²) in [4.78, 5) is 39.2. The summed E-state index contributed by atoms with van der Waals surface area (Å²) in [7, 11) is 0. The molecular weight excluding hydrogens is 358 g/mol. The average molecular weight is 396 g/mol. The standard InChI is InChI=1S/C21H37N3O4/c1-10-21(8,9)13-11-12-24(14(13)17(26)27)16(25)15(19(2,3)4)22-18(28)23-20(5,6)7/h10,13-15H,1,11-12H2,2-9H3,(H,26,27)(H2,22,23,28)/t13?,14-,15+/m0/s1. The number of carboxylic acid groups (broad SMARTS) is 1. The van der Waals surface area contributed by atoms with Crippen LogP contribution in [-0.4, -0.2) is 52.1 Å². The molecule has 3 N–H and O–H groups in total. The number of nitrogens with zero attached hydrogens (tertiary/aromatic N) is 1. The number of hydrogen-bond acceptors (Lipinski definition) is 3. The maximum Gasteiger partial charge on any atom is 0.326 e. The summed E-state index contributed by atoms with van der Waals surface area (Å²) in [5.41, 5.74) is -1.46. The van der Waals surface area contributed by atoms with Gasteiger partial charge in [-0.15, -0.1) is 6.58 Å². The number of carboxylic acids is 1. The largest absolute Gasteiger partial charge is 0.480 e. The minimum absolute atomic E-state index is 0.240. The highest BCUT2D eigenvalue weighted by Gasteiger charge is 2.50. The Hall–Kier alpha value is -2.05. The van der Waals surface area contributed by atoms with Gasteiger partial charge in [0.2, 0.25) is 5.91 Å². The lowest BCUT2D eigenvalue weighted by atomic mass is 9.74. The van der Waals surface area contributed by atoms with Crippen LogP contribution in [0.5, 0.6) is 0 Å². The van der Waals surface area contributed by atoms with E-state index in [0.717, 1.165) is 0 Å². The lowest BCUT2D eigenvalue weighted by Gasteiger charge is -2.37. The average Bonchev–Trinajstić information content (AvgIpc) is 2.95. The molecule has 1 aliphatic heterocycles. The second-order valence-electron chi connectivity index (χ2n) is 10.4. The first kappa shape index (κ1) is 24.0. The molecule has 160 valence electrons. The molecule has 1 saturated heterocycles. The summed E-state index contributed by atoms with van der Waals surface area (Å²) in [5, 5.41) is 15.4. The van der Waals surface area contributed by atoms with Crippen LogP contribution in [0.1, 0.15) is 61.8 Å². The third-order valence-electron chi connectivity index (χ3n) is 5.29. The molecule has 7 nitrogen and oxygen atoms in total. The third-order valence-corrected chi connectivity index (χ3v) is 5.29. The summed E-state index contributed by atoms with van der Waals surface area (Å²) in [6, 6.07) is -2.24. The Balaban J connectivity index is 3.16. The van der Waals surface area contributed by atoms with Crippen molar-refractivity contribution in [1.82, 2.24) is 15.5 Å². The quantitative estimate of drug-likeness (QED) is 0.623. The van der Waals surface area contributed by atoms with Gasteiger partial charge < -0.3 is 20.6 Å². The van der Waals surface area contributed by atoms with Crippen LogP contribution in [0.4, 0.5) is 4.79 Å². The first-order chi connectivity index (χ1) is 12.5. The molecule has 0 spiro atoms. The molecular formula is C21H37N3O4. The van der Waals surface area contributed by atoms with Gasteiger partial charge in [-0.05, 0) is 38.0 Å². The van der Waals surface area contributed by atoms with Crippen LogP contribution in [0.25, 0.3) is 0 Å². The number of carbonyl (C=O) groups is 3. The zero-order valence-corrected chi connectivity index (χ0v) is 18.5. The number of rotatable bonds is 5. The van der Waals surface area contributed by atoms with Gasteiger partial charge in [0, 0.05) is 18.0 Å². The number of amides is 3. The summed E-state index contributed by atoms with van der Waals surface area (Å²) in [6.07, 6.45) is 2.32. The van der Waals surface area contributed by atoms with Gasteiger partial charge in [-0.3, -0.25) is 4.79 Å². The highest BCUT2D eigenvalue weighted by atomic mass is 16.4. The number of carbonyl (C=O) groups excluding carboxylic acids is 2. The van der Waals surface area contributed by atoms with Crippen LogP contribution in [0.15, 0.2) is 12.7 Å². The predicted octanol–water partition coefficient (Wildman–Crippen LogP) is 3.01. The number of nitrogens with one attached hydrogen (secondary N) is 2. The highest BCUT2D eigenvalue weighted by molar-refractivity contribution is 5.91. The minimum atomic E-state index is -1.03. The van der Waals surface area contributed by atoms with E-state index in [1.54, 1.807) is 6.08 Å². The van der Waals surface area contributed by atoms with E-state index in [1.165, 1.54) is 4.90 Å². The van der Waals surface area contributed by atoms with Gasteiger partial charge in [0.15, 0.2) is 0 Å². The number of urea groups is 1. The Morgan fingerprint density at radius 1 is 1.11 bits per heavy atom. The maximum absolute atomic E-state index is 13.4. The molecule has 3 amide bonds. The summed E-state index contributed by atoms with van der Waals surface area (Å²) >= 11 is 0. The topological polar surface area (TPSA) is 98.7 Å². The van der Waals surface area contributed by atoms with E-state index >= 15 is 0 Å². The van der Waals surface area contributed by atoms with E-state index in [1.807, 2.05) is 55.4 Å². The number of allylic oxidation sites excluding steroid dienone is 1. The van der Waals surface area contributed by atoms with Crippen molar-refractivity contribution in [2.24, 2.45) is 16.7 Å². The summed E-state index contributed by atoms with van der Waals surface area (Å²) < 4.78 is 0. The van der Waals surface area contributed by atoms with Crippen LogP contribution in [0.3, 0.4) is 0 Å². The van der Waals surface area contributed by atoms with Crippen molar-refractivity contribution < 1.29 is 19.5 Å². The Morgan fingerprint density at radius 3 is 2.04 bits per heavy atom. The molecule has 0 aromatic carbocycles. The monoisotopic (exact) mass is 395 g/mol. The lowest BCUT2D eigenvalue weighted by Crippen LogP contribution is -2.60. The Bertz CT molecular complexity index is 629. The van der Waals surface area contributed by atoms with Crippen molar-refractivity contribution in [1.29, 1.82) is 0 Å². The zero-order valence-electron chi connectivity index (χ0n) is 18.5. The predicted molar refractivity (Wildman–Crippen MR) is 110 cm³/mol. The molecule has 1 fully saturated rings. The molecule has 3 atom stereocenters. The van der Waals surface area contributed by atoms with Crippen LogP contribution < -0.4 is 10.6 Å². The van der Waals surface area contributed by atoms with Gasteiger partial charge in [0.25, 0.3) is 0 Å². The van der Waals surface area contributed by atoms with Crippen LogP contribution >= 0.6 is 0 Å². The first-order valence-electron chi connectivity index (χ1n) is 9.77. The Morgan fingerprint density at radius 2 is 1.64 bits per heavy atom. The molecule has 0 aromatic rings. The Kier molecular flexibility index (Phi) is 6.97. The van der Waals surface area contributed by atoms with Gasteiger partial charge >= 0.3 is 12.0 Å². The van der Waals surface area contributed by atoms with Crippen molar-refractivity contribution in [3.05, 3.63) is 12.7 Å². The second-order valence-corrected chi connectivity index (χ2v) is 10.4. The van der Waals surface area contributed by atoms with E-state index < -0.39 is 40.5 Å². The van der Waals surface area contributed by atoms with E-state index in [9.17, 15) is 19.5 Å². The fourth-order valence-corrected chi connectivity index (χ4v) is 3.60. The smallest absolute Gasteiger partial charge is 0.326 e. The van der Waals surface area contributed by atoms with Crippen molar-refractivity contribution in [3.63, 3.8) is 0 Å². The molecule has 0 bridgehead atoms. The SMILES string of the molecule is C=CC(C)(C)C1CCN(C(=O)[C@@H](NC(=O)NC(C)(C)C)C(C)(C)C)[C@@H]1C(=O)O. The van der Waals surface area contributed by atoms with Gasteiger partial charge in [0.1, 0.15) is 12.1 Å². The van der Waals surface area contributed by atoms with Crippen molar-refractivity contribution >= 4 is 17.9 Å². The minimum Gasteiger partial charge on any atom is -0.480 e. The van der Waals surface area contributed by atoms with Crippen LogP contribution in [-0.2, 0) is 9.59 Å². The normalized spacial score (nSPS) is 21.8. The molecule has 1 rings (SSSR count). The molecule has 0 aliphatic carbocycles. The van der Waals surface area contributed by atoms with Gasteiger partial charge in [-0.2, -0.15) is 0 Å². The van der Waals surface area contributed by atoms with Gasteiger partial charge in [-0.25, -0.2) is 9.59 Å². The molecule has 28 heavy (non-hydrogen) atoms. The van der Waals surface area contributed by atoms with Crippen LogP contribution in [0.2, 0.25) is 0 Å². The van der Waals surface area contributed by atoms with E-state index in [4.69, 9.17) is 0 Å². The van der Waals surface area contributed by atoms with E-state index in [0.29, 0.717) is 13.0 Å². The molecule has 0 aromatic heterocycles. The van der Waals surface area contributed by atoms with Gasteiger partial charge in [-0.1, -0.05) is 40.7 Å². The fourth-order valence-electron chi connectivity index (χ4n) is 3.60. The molecule has 0 radical (unpaired) electrons. The van der Waals surface area contributed by atoms with Crippen molar-refractivity contribution in [2.75, 3.05) is 6.54 Å². The van der Waals surface area contributed by atoms with Crippen molar-refractivity contribution in [2.45, 2.75) is 79.4 Å². The number of aliphatic carboxylic acids is 1. The molecule has 7 heteroatoms. The van der Waals surface area contributed by atoms with Crippen molar-refractivity contribution in [3.8, 4) is 0 Å². The summed E-state index contributed by atoms with van der Waals surface area (Å²) in [5.74, 6) is -1.64. The molecule has 1 heterocycles. The summed E-state index contributed by atoms with van der Waals surface area (Å²) in [6.45, 7) is 19.1. The first-order valence-corrected chi connectivity index (χ1v) is 9.77. The maximum atomic E-state index is 13.4. The van der Waals surface area contributed by atoms with Gasteiger partial charge in [0.05, 0.1) is 0 Å². The highest BCUT2D eigenvalue weighted by Crippen LogP contribution is 2.40. The zero-order chi connectivity index (χ0) is 22.1. The number of hydrogen-bond donors (Lipinski definition) is 3. The number of likely N-dealkylation sites (tertiary alicyclic amines) is 1. The van der Waals surface area contributed by atoms with E-state index in [-0.39, 0.29) is 11.8 Å². The molecule has 1 unspecified atom stereocenters. The fraction of sp³-hybridized carbons (Fsp3) is 0.762. The Labute approximate surface area is 168 Å². The van der Waals surface area contributed by atoms with E-state index in [2.05, 4.69) is 17.2 Å².